The van der Waals surface area contributed by atoms with Crippen molar-refractivity contribution in [2.45, 2.75) is 36.5 Å². The Balaban J connectivity index is 1.29. The lowest BCUT2D eigenvalue weighted by atomic mass is 9.90. The number of para-hydroxylation sites is 2. The molecule has 5 aromatic rings. The number of halogens is 1. The van der Waals surface area contributed by atoms with Crippen molar-refractivity contribution in [3.8, 4) is 5.95 Å². The van der Waals surface area contributed by atoms with Gasteiger partial charge in [-0.2, -0.15) is 8.99 Å². The first-order chi connectivity index (χ1) is 19.3. The third-order valence-electron chi connectivity index (χ3n) is 7.56. The first kappa shape index (κ1) is 26.0. The van der Waals surface area contributed by atoms with Crippen molar-refractivity contribution in [2.75, 3.05) is 18.8 Å². The molecule has 6 rings (SSSR count). The van der Waals surface area contributed by atoms with E-state index in [1.807, 2.05) is 24.3 Å². The molecule has 206 valence electrons. The van der Waals surface area contributed by atoms with Crippen molar-refractivity contribution in [2.24, 2.45) is 0 Å². The lowest BCUT2D eigenvalue weighted by Gasteiger charge is -2.31. The van der Waals surface area contributed by atoms with Crippen LogP contribution in [0.1, 0.15) is 35.6 Å². The fraction of sp³-hybridized carbons (Fsp3) is 0.241. The van der Waals surface area contributed by atoms with Crippen LogP contribution in [0.25, 0.3) is 17.0 Å². The van der Waals surface area contributed by atoms with Gasteiger partial charge in [0.25, 0.3) is 5.56 Å². The molecule has 2 aromatic heterocycles. The molecule has 9 nitrogen and oxygen atoms in total. The molecule has 0 saturated carbocycles. The van der Waals surface area contributed by atoms with Crippen LogP contribution in [0.5, 0.6) is 0 Å². The number of anilines is 1. The Hall–Kier alpha value is -4.22. The van der Waals surface area contributed by atoms with E-state index in [1.165, 1.54) is 33.3 Å². The molecule has 0 aliphatic carbocycles. The summed E-state index contributed by atoms with van der Waals surface area (Å²) in [7, 11) is -3.65. The largest absolute Gasteiger partial charge is 0.399 e. The number of hydrogen-bond acceptors (Lipinski definition) is 5. The normalized spacial score (nSPS) is 15.1. The lowest BCUT2D eigenvalue weighted by molar-refractivity contribution is 0.315. The van der Waals surface area contributed by atoms with E-state index in [2.05, 4.69) is 15.1 Å². The summed E-state index contributed by atoms with van der Waals surface area (Å²) in [5.74, 6) is 0.0438. The molecule has 1 aliphatic heterocycles. The van der Waals surface area contributed by atoms with E-state index < -0.39 is 10.0 Å². The molecule has 0 atom stereocenters. The average molecular weight is 561 g/mol. The van der Waals surface area contributed by atoms with Crippen LogP contribution in [-0.2, 0) is 22.9 Å². The highest BCUT2D eigenvalue weighted by atomic mass is 32.2. The first-order valence-electron chi connectivity index (χ1n) is 13.2. The number of imidazole rings is 1. The van der Waals surface area contributed by atoms with Crippen LogP contribution >= 0.6 is 0 Å². The van der Waals surface area contributed by atoms with E-state index in [-0.39, 0.29) is 22.2 Å². The number of aromatic amines is 2. The molecular weight excluding hydrogens is 531 g/mol. The van der Waals surface area contributed by atoms with Crippen molar-refractivity contribution >= 4 is 26.7 Å². The molecule has 4 N–H and O–H groups in total. The second-order valence-electron chi connectivity index (χ2n) is 10.1. The average Bonchev–Trinajstić information content (AvgIpc) is 3.54. The van der Waals surface area contributed by atoms with Gasteiger partial charge < -0.3 is 10.7 Å². The molecule has 3 heterocycles. The Morgan fingerprint density at radius 3 is 2.35 bits per heavy atom. The summed E-state index contributed by atoms with van der Waals surface area (Å²) >= 11 is 0. The summed E-state index contributed by atoms with van der Waals surface area (Å²) in [6, 6.07) is 20.0. The van der Waals surface area contributed by atoms with Gasteiger partial charge in [-0.05, 0) is 79.8 Å². The Morgan fingerprint density at radius 2 is 1.65 bits per heavy atom. The lowest BCUT2D eigenvalue weighted by Crippen LogP contribution is -2.38. The van der Waals surface area contributed by atoms with Crippen LogP contribution < -0.4 is 11.3 Å². The standard InChI is InChI=1S/C29H29FN6O3S/c30-21-8-5-19(6-9-21)7-14-24-27(34-36(28(24)37)29-32-25-3-1-2-4-26(25)33-29)20-15-17-35(18-16-20)40(38,39)23-12-10-22(31)11-13-23/h1-6,8-13,20,34H,7,14-18,31H2,(H,32,33). The molecule has 0 bridgehead atoms. The second kappa shape index (κ2) is 10.4. The smallest absolute Gasteiger partial charge is 0.277 e. The maximum Gasteiger partial charge on any atom is 0.277 e. The molecule has 1 fully saturated rings. The number of nitrogens with two attached hydrogens (primary N) is 1. The number of fused-ring (bicyclic) bond motifs is 1. The number of aromatic nitrogens is 4. The minimum atomic E-state index is -3.65. The van der Waals surface area contributed by atoms with Crippen LogP contribution in [0.4, 0.5) is 10.1 Å². The Morgan fingerprint density at radius 1 is 0.950 bits per heavy atom. The van der Waals surface area contributed by atoms with Gasteiger partial charge in [-0.3, -0.25) is 9.89 Å². The van der Waals surface area contributed by atoms with Crippen LogP contribution in [0.2, 0.25) is 0 Å². The number of aryl methyl sites for hydroxylation is 1. The van der Waals surface area contributed by atoms with Gasteiger partial charge in [-0.1, -0.05) is 24.3 Å². The molecule has 3 aromatic carbocycles. The summed E-state index contributed by atoms with van der Waals surface area (Å²) < 4.78 is 42.8. The Labute approximate surface area is 230 Å². The number of sulfonamides is 1. The van der Waals surface area contributed by atoms with Gasteiger partial charge in [-0.25, -0.2) is 17.8 Å². The SMILES string of the molecule is Nc1ccc(S(=O)(=O)N2CCC(c3[nH]n(-c4nc5ccccc5[nH]4)c(=O)c3CCc3ccc(F)cc3)CC2)cc1. The van der Waals surface area contributed by atoms with Crippen LogP contribution in [0.15, 0.2) is 82.5 Å². The van der Waals surface area contributed by atoms with Crippen molar-refractivity contribution in [1.82, 2.24) is 24.1 Å². The summed E-state index contributed by atoms with van der Waals surface area (Å²) in [5.41, 5.74) is 9.93. The molecule has 0 spiro atoms. The van der Waals surface area contributed by atoms with Crippen LogP contribution in [0.3, 0.4) is 0 Å². The fourth-order valence-corrected chi connectivity index (χ4v) is 6.83. The number of rotatable bonds is 7. The maximum atomic E-state index is 13.7. The summed E-state index contributed by atoms with van der Waals surface area (Å²) in [4.78, 5) is 21.7. The number of piperidine rings is 1. The number of nitrogens with one attached hydrogen (secondary N) is 2. The van der Waals surface area contributed by atoms with Gasteiger partial charge in [0.2, 0.25) is 16.0 Å². The molecule has 0 radical (unpaired) electrons. The minimum absolute atomic E-state index is 0.0422. The van der Waals surface area contributed by atoms with E-state index in [0.29, 0.717) is 56.0 Å². The van der Waals surface area contributed by atoms with Gasteiger partial charge in [0, 0.05) is 36.0 Å². The molecule has 0 unspecified atom stereocenters. The molecule has 40 heavy (non-hydrogen) atoms. The second-order valence-corrected chi connectivity index (χ2v) is 12.0. The van der Waals surface area contributed by atoms with E-state index in [1.54, 1.807) is 24.3 Å². The van der Waals surface area contributed by atoms with Crippen LogP contribution in [-0.4, -0.2) is 45.6 Å². The summed E-state index contributed by atoms with van der Waals surface area (Å²) in [6.07, 6.45) is 2.12. The number of hydrogen-bond donors (Lipinski definition) is 3. The molecular formula is C29H29FN6O3S. The zero-order valence-electron chi connectivity index (χ0n) is 21.7. The zero-order chi connectivity index (χ0) is 27.9. The van der Waals surface area contributed by atoms with Gasteiger partial charge in [0.05, 0.1) is 15.9 Å². The van der Waals surface area contributed by atoms with Crippen molar-refractivity contribution in [3.63, 3.8) is 0 Å². The van der Waals surface area contributed by atoms with E-state index >= 15 is 0 Å². The number of nitrogens with zero attached hydrogens (tertiary/aromatic N) is 3. The Kier molecular flexibility index (Phi) is 6.77. The van der Waals surface area contributed by atoms with Gasteiger partial charge in [0.15, 0.2) is 0 Å². The van der Waals surface area contributed by atoms with Crippen molar-refractivity contribution < 1.29 is 12.8 Å². The molecule has 1 aliphatic rings. The monoisotopic (exact) mass is 560 g/mol. The van der Waals surface area contributed by atoms with Gasteiger partial charge in [-0.15, -0.1) is 0 Å². The van der Waals surface area contributed by atoms with E-state index in [0.717, 1.165) is 22.3 Å². The van der Waals surface area contributed by atoms with Crippen molar-refractivity contribution in [3.05, 3.63) is 106 Å². The predicted octanol–water partition coefficient (Wildman–Crippen LogP) is 4.12. The number of benzene rings is 3. The van der Waals surface area contributed by atoms with Crippen LogP contribution in [0, 0.1) is 5.82 Å². The highest BCUT2D eigenvalue weighted by Crippen LogP contribution is 2.32. The summed E-state index contributed by atoms with van der Waals surface area (Å²) in [6.45, 7) is 0.652. The summed E-state index contributed by atoms with van der Waals surface area (Å²) in [5, 5.41) is 3.30. The third-order valence-corrected chi connectivity index (χ3v) is 9.48. The highest BCUT2D eigenvalue weighted by molar-refractivity contribution is 7.89. The fourth-order valence-electron chi connectivity index (χ4n) is 5.36. The van der Waals surface area contributed by atoms with Gasteiger partial charge in [0.1, 0.15) is 5.82 Å². The first-order valence-corrected chi connectivity index (χ1v) is 14.6. The highest BCUT2D eigenvalue weighted by Gasteiger charge is 2.32. The van der Waals surface area contributed by atoms with E-state index in [4.69, 9.17) is 5.73 Å². The van der Waals surface area contributed by atoms with E-state index in [9.17, 15) is 17.6 Å². The molecule has 0 amide bonds. The predicted molar refractivity (Wildman–Crippen MR) is 151 cm³/mol. The molecule has 11 heteroatoms. The topological polar surface area (TPSA) is 130 Å². The zero-order valence-corrected chi connectivity index (χ0v) is 22.5. The maximum absolute atomic E-state index is 13.7. The minimum Gasteiger partial charge on any atom is -0.399 e. The van der Waals surface area contributed by atoms with Crippen molar-refractivity contribution in [1.29, 1.82) is 0 Å². The Bertz CT molecular complexity index is 1780. The third kappa shape index (κ3) is 4.93. The van der Waals surface area contributed by atoms with Gasteiger partial charge >= 0.3 is 0 Å². The molecule has 1 saturated heterocycles. The number of H-pyrrole nitrogens is 2. The number of nitrogen functional groups attached to an aromatic ring is 1. The quantitative estimate of drug-likeness (QED) is 0.258.